The molecule has 2 aromatic heterocycles. The highest BCUT2D eigenvalue weighted by molar-refractivity contribution is 5.89. The number of aromatic nitrogens is 3. The van der Waals surface area contributed by atoms with Crippen LogP contribution in [0.3, 0.4) is 0 Å². The van der Waals surface area contributed by atoms with E-state index in [1.54, 1.807) is 16.9 Å². The molecule has 0 atom stereocenters. The highest BCUT2D eigenvalue weighted by Gasteiger charge is 2.19. The second-order valence-corrected chi connectivity index (χ2v) is 5.89. The lowest BCUT2D eigenvalue weighted by molar-refractivity contribution is 0.0696. The van der Waals surface area contributed by atoms with E-state index in [1.165, 1.54) is 6.07 Å². The van der Waals surface area contributed by atoms with Crippen molar-refractivity contribution >= 4 is 17.5 Å². The van der Waals surface area contributed by atoms with Crippen molar-refractivity contribution in [2.75, 3.05) is 5.32 Å². The average molecular weight is 288 g/mol. The van der Waals surface area contributed by atoms with Crippen molar-refractivity contribution in [1.82, 2.24) is 14.8 Å². The van der Waals surface area contributed by atoms with Crippen molar-refractivity contribution in [1.29, 1.82) is 0 Å². The van der Waals surface area contributed by atoms with Crippen LogP contribution in [0.4, 0.5) is 11.5 Å². The van der Waals surface area contributed by atoms with E-state index in [1.807, 2.05) is 33.9 Å². The molecule has 2 N–H and O–H groups in total. The molecule has 6 nitrogen and oxygen atoms in total. The van der Waals surface area contributed by atoms with Gasteiger partial charge >= 0.3 is 5.97 Å². The lowest BCUT2D eigenvalue weighted by Gasteiger charge is -2.19. The fraction of sp³-hybridized carbons (Fsp3) is 0.400. The standard InChI is InChI=1S/C15H20N4O2/c1-5-19-9-11(8-16-19)17-13-7-10(14(20)21)6-12(18-13)15(2,3)4/h6-9H,5H2,1-4H3,(H,17,18)(H,20,21). The number of hydrogen-bond acceptors (Lipinski definition) is 4. The van der Waals surface area contributed by atoms with Crippen LogP contribution in [0.15, 0.2) is 24.5 Å². The highest BCUT2D eigenvalue weighted by atomic mass is 16.4. The molecule has 0 saturated carbocycles. The van der Waals surface area contributed by atoms with Crippen molar-refractivity contribution in [2.24, 2.45) is 0 Å². The lowest BCUT2D eigenvalue weighted by Crippen LogP contribution is -2.16. The van der Waals surface area contributed by atoms with E-state index in [-0.39, 0.29) is 11.0 Å². The predicted molar refractivity (Wildman–Crippen MR) is 81.1 cm³/mol. The summed E-state index contributed by atoms with van der Waals surface area (Å²) in [6.07, 6.45) is 3.54. The van der Waals surface area contributed by atoms with E-state index < -0.39 is 5.97 Å². The molecule has 0 aliphatic carbocycles. The number of carboxylic acids is 1. The molecule has 6 heteroatoms. The molecule has 0 saturated heterocycles. The molecule has 0 radical (unpaired) electrons. The number of nitrogens with zero attached hydrogens (tertiary/aromatic N) is 3. The minimum absolute atomic E-state index is 0.223. The number of aryl methyl sites for hydroxylation is 1. The van der Waals surface area contributed by atoms with E-state index in [2.05, 4.69) is 15.4 Å². The van der Waals surface area contributed by atoms with Crippen LogP contribution >= 0.6 is 0 Å². The van der Waals surface area contributed by atoms with Gasteiger partial charge in [-0.15, -0.1) is 0 Å². The van der Waals surface area contributed by atoms with Gasteiger partial charge in [0.2, 0.25) is 0 Å². The number of aromatic carboxylic acids is 1. The van der Waals surface area contributed by atoms with Gasteiger partial charge in [-0.05, 0) is 19.1 Å². The molecule has 21 heavy (non-hydrogen) atoms. The number of nitrogens with one attached hydrogen (secondary N) is 1. The van der Waals surface area contributed by atoms with Crippen LogP contribution in [0.25, 0.3) is 0 Å². The summed E-state index contributed by atoms with van der Waals surface area (Å²) in [5, 5.41) is 16.5. The maximum Gasteiger partial charge on any atom is 0.335 e. The van der Waals surface area contributed by atoms with Crippen LogP contribution in [0.5, 0.6) is 0 Å². The van der Waals surface area contributed by atoms with E-state index in [0.717, 1.165) is 17.9 Å². The van der Waals surface area contributed by atoms with Crippen LogP contribution < -0.4 is 5.32 Å². The second kappa shape index (κ2) is 5.55. The number of hydrogen-bond donors (Lipinski definition) is 2. The third kappa shape index (κ3) is 3.59. The zero-order valence-corrected chi connectivity index (χ0v) is 12.7. The summed E-state index contributed by atoms with van der Waals surface area (Å²) in [5.74, 6) is -0.453. The molecule has 0 aromatic carbocycles. The van der Waals surface area contributed by atoms with E-state index in [0.29, 0.717) is 5.82 Å². The first-order valence-corrected chi connectivity index (χ1v) is 6.85. The summed E-state index contributed by atoms with van der Waals surface area (Å²) in [4.78, 5) is 15.8. The first-order chi connectivity index (χ1) is 9.79. The molecule has 0 aliphatic heterocycles. The van der Waals surface area contributed by atoms with Gasteiger partial charge in [0.15, 0.2) is 0 Å². The molecule has 0 bridgehead atoms. The molecule has 2 aromatic rings. The Kier molecular flexibility index (Phi) is 3.97. The Morgan fingerprint density at radius 2 is 2.10 bits per heavy atom. The van der Waals surface area contributed by atoms with Crippen LogP contribution in [-0.2, 0) is 12.0 Å². The molecule has 112 valence electrons. The first kappa shape index (κ1) is 15.0. The molecule has 0 spiro atoms. The highest BCUT2D eigenvalue weighted by Crippen LogP contribution is 2.24. The average Bonchev–Trinajstić information content (AvgIpc) is 2.85. The third-order valence-electron chi connectivity index (χ3n) is 3.07. The number of carboxylic acid groups (broad SMARTS) is 1. The number of anilines is 2. The molecule has 0 unspecified atom stereocenters. The largest absolute Gasteiger partial charge is 0.478 e. The van der Waals surface area contributed by atoms with E-state index >= 15 is 0 Å². The maximum atomic E-state index is 11.3. The van der Waals surface area contributed by atoms with E-state index in [4.69, 9.17) is 0 Å². The summed E-state index contributed by atoms with van der Waals surface area (Å²) in [6.45, 7) is 8.77. The fourth-order valence-corrected chi connectivity index (χ4v) is 1.85. The Labute approximate surface area is 123 Å². The maximum absolute atomic E-state index is 11.3. The monoisotopic (exact) mass is 288 g/mol. The molecule has 2 rings (SSSR count). The zero-order chi connectivity index (χ0) is 15.6. The van der Waals surface area contributed by atoms with Crippen molar-refractivity contribution < 1.29 is 9.90 Å². The van der Waals surface area contributed by atoms with E-state index in [9.17, 15) is 9.90 Å². The van der Waals surface area contributed by atoms with Crippen molar-refractivity contribution in [3.8, 4) is 0 Å². The molecule has 0 aliphatic rings. The minimum atomic E-state index is -0.963. The van der Waals surface area contributed by atoms with Gasteiger partial charge < -0.3 is 10.4 Å². The Morgan fingerprint density at radius 3 is 2.62 bits per heavy atom. The Bertz CT molecular complexity index is 656. The topological polar surface area (TPSA) is 80.0 Å². The molecular weight excluding hydrogens is 268 g/mol. The molecular formula is C15H20N4O2. The summed E-state index contributed by atoms with van der Waals surface area (Å²) in [5.41, 5.74) is 1.51. The summed E-state index contributed by atoms with van der Waals surface area (Å²) in [6, 6.07) is 3.14. The van der Waals surface area contributed by atoms with Gasteiger partial charge in [0, 0.05) is 23.9 Å². The molecule has 2 heterocycles. The van der Waals surface area contributed by atoms with Gasteiger partial charge in [0.05, 0.1) is 17.4 Å². The van der Waals surface area contributed by atoms with Crippen LogP contribution in [0.1, 0.15) is 43.7 Å². The number of rotatable bonds is 4. The number of pyridine rings is 1. The number of carbonyl (C=O) groups is 1. The summed E-state index contributed by atoms with van der Waals surface area (Å²) in [7, 11) is 0. The van der Waals surface area contributed by atoms with Gasteiger partial charge in [-0.1, -0.05) is 20.8 Å². The Morgan fingerprint density at radius 1 is 1.38 bits per heavy atom. The fourth-order valence-electron chi connectivity index (χ4n) is 1.85. The third-order valence-corrected chi connectivity index (χ3v) is 3.07. The molecule has 0 fully saturated rings. The predicted octanol–water partition coefficient (Wildman–Crippen LogP) is 3.04. The lowest BCUT2D eigenvalue weighted by atomic mass is 9.91. The van der Waals surface area contributed by atoms with Gasteiger partial charge in [-0.2, -0.15) is 5.10 Å². The normalized spacial score (nSPS) is 11.4. The Hall–Kier alpha value is -2.37. The van der Waals surface area contributed by atoms with Crippen LogP contribution in [0, 0.1) is 0 Å². The van der Waals surface area contributed by atoms with Crippen molar-refractivity contribution in [3.63, 3.8) is 0 Å². The zero-order valence-electron chi connectivity index (χ0n) is 12.7. The summed E-state index contributed by atoms with van der Waals surface area (Å²) >= 11 is 0. The smallest absolute Gasteiger partial charge is 0.335 e. The Balaban J connectivity index is 2.38. The quantitative estimate of drug-likeness (QED) is 0.904. The van der Waals surface area contributed by atoms with Crippen molar-refractivity contribution in [3.05, 3.63) is 35.8 Å². The first-order valence-electron chi connectivity index (χ1n) is 6.85. The SMILES string of the molecule is CCn1cc(Nc2cc(C(=O)O)cc(C(C)(C)C)n2)cn1. The summed E-state index contributed by atoms with van der Waals surface area (Å²) < 4.78 is 1.79. The van der Waals surface area contributed by atoms with Crippen LogP contribution in [0.2, 0.25) is 0 Å². The minimum Gasteiger partial charge on any atom is -0.478 e. The van der Waals surface area contributed by atoms with Gasteiger partial charge in [-0.25, -0.2) is 9.78 Å². The molecule has 0 amide bonds. The van der Waals surface area contributed by atoms with Gasteiger partial charge in [0.1, 0.15) is 5.82 Å². The second-order valence-electron chi connectivity index (χ2n) is 5.89. The van der Waals surface area contributed by atoms with Crippen LogP contribution in [-0.4, -0.2) is 25.8 Å². The van der Waals surface area contributed by atoms with Gasteiger partial charge in [0.25, 0.3) is 0 Å². The van der Waals surface area contributed by atoms with Crippen molar-refractivity contribution in [2.45, 2.75) is 39.7 Å². The van der Waals surface area contributed by atoms with Gasteiger partial charge in [-0.3, -0.25) is 4.68 Å².